The van der Waals surface area contributed by atoms with E-state index in [1.54, 1.807) is 18.2 Å². The molecule has 0 radical (unpaired) electrons. The van der Waals surface area contributed by atoms with Crippen molar-refractivity contribution in [2.24, 2.45) is 0 Å². The molecule has 1 saturated heterocycles. The van der Waals surface area contributed by atoms with Gasteiger partial charge in [-0.25, -0.2) is 8.42 Å². The lowest BCUT2D eigenvalue weighted by atomic mass is 10.2. The van der Waals surface area contributed by atoms with Crippen LogP contribution < -0.4 is 10.2 Å². The normalized spacial score (nSPS) is 15.4. The smallest absolute Gasteiger partial charge is 0.243 e. The van der Waals surface area contributed by atoms with Crippen molar-refractivity contribution in [3.63, 3.8) is 0 Å². The largest absolute Gasteiger partial charge is 0.369 e. The van der Waals surface area contributed by atoms with E-state index in [4.69, 9.17) is 0 Å². The van der Waals surface area contributed by atoms with Crippen LogP contribution in [0.4, 0.5) is 11.4 Å². The number of sulfonamides is 1. The van der Waals surface area contributed by atoms with Gasteiger partial charge in [-0.3, -0.25) is 9.69 Å². The molecule has 1 aliphatic heterocycles. The standard InChI is InChI=1S/C22H30N4O3S/c1-3-26(4-2)30(28,29)21-12-8-9-19(17-21)23-22(27)18-24-13-15-25(16-14-24)20-10-6-5-7-11-20/h5-12,17H,3-4,13-16,18H2,1-2H3,(H,23,27). The fourth-order valence-electron chi connectivity index (χ4n) is 3.65. The number of benzene rings is 2. The second kappa shape index (κ2) is 10.1. The van der Waals surface area contributed by atoms with Gasteiger partial charge in [0.15, 0.2) is 0 Å². The Labute approximate surface area is 179 Å². The van der Waals surface area contributed by atoms with Crippen molar-refractivity contribution in [3.8, 4) is 0 Å². The van der Waals surface area contributed by atoms with Crippen LogP contribution in [0.2, 0.25) is 0 Å². The van der Waals surface area contributed by atoms with Gasteiger partial charge in [0, 0.05) is 50.6 Å². The summed E-state index contributed by atoms with van der Waals surface area (Å²) in [5, 5.41) is 2.84. The van der Waals surface area contributed by atoms with Crippen LogP contribution in [0, 0.1) is 0 Å². The van der Waals surface area contributed by atoms with E-state index in [-0.39, 0.29) is 17.3 Å². The van der Waals surface area contributed by atoms with Gasteiger partial charge in [-0.2, -0.15) is 4.31 Å². The quantitative estimate of drug-likeness (QED) is 0.697. The molecule has 0 bridgehead atoms. The van der Waals surface area contributed by atoms with Crippen LogP contribution in [0.15, 0.2) is 59.5 Å². The van der Waals surface area contributed by atoms with E-state index in [1.807, 2.05) is 32.0 Å². The van der Waals surface area contributed by atoms with Gasteiger partial charge in [0.1, 0.15) is 0 Å². The Kier molecular flexibility index (Phi) is 7.47. The van der Waals surface area contributed by atoms with E-state index in [0.717, 1.165) is 26.2 Å². The van der Waals surface area contributed by atoms with Gasteiger partial charge in [0.05, 0.1) is 11.4 Å². The molecular weight excluding hydrogens is 400 g/mol. The SMILES string of the molecule is CCN(CC)S(=O)(=O)c1cccc(NC(=O)CN2CCN(c3ccccc3)CC2)c1. The maximum absolute atomic E-state index is 12.7. The van der Waals surface area contributed by atoms with E-state index in [0.29, 0.717) is 18.8 Å². The van der Waals surface area contributed by atoms with Crippen molar-refractivity contribution >= 4 is 27.3 Å². The van der Waals surface area contributed by atoms with Crippen LogP contribution in [-0.4, -0.2) is 69.3 Å². The molecule has 7 nitrogen and oxygen atoms in total. The van der Waals surface area contributed by atoms with Gasteiger partial charge in [-0.05, 0) is 30.3 Å². The van der Waals surface area contributed by atoms with Crippen LogP contribution in [0.1, 0.15) is 13.8 Å². The summed E-state index contributed by atoms with van der Waals surface area (Å²) in [6, 6.07) is 16.7. The summed E-state index contributed by atoms with van der Waals surface area (Å²) in [5.74, 6) is -0.138. The van der Waals surface area contributed by atoms with Crippen molar-refractivity contribution < 1.29 is 13.2 Å². The van der Waals surface area contributed by atoms with Crippen molar-refractivity contribution in [3.05, 3.63) is 54.6 Å². The summed E-state index contributed by atoms with van der Waals surface area (Å²) in [4.78, 5) is 17.1. The number of anilines is 2. The number of hydrogen-bond acceptors (Lipinski definition) is 5. The maximum atomic E-state index is 12.7. The molecule has 0 unspecified atom stereocenters. The van der Waals surface area contributed by atoms with E-state index >= 15 is 0 Å². The fourth-order valence-corrected chi connectivity index (χ4v) is 5.16. The third-order valence-corrected chi connectivity index (χ3v) is 7.37. The molecule has 30 heavy (non-hydrogen) atoms. The average molecular weight is 431 g/mol. The Morgan fingerprint density at radius 1 is 0.967 bits per heavy atom. The van der Waals surface area contributed by atoms with Crippen molar-refractivity contribution in [1.82, 2.24) is 9.21 Å². The molecule has 8 heteroatoms. The van der Waals surface area contributed by atoms with E-state index in [1.165, 1.54) is 16.1 Å². The highest BCUT2D eigenvalue weighted by molar-refractivity contribution is 7.89. The second-order valence-electron chi connectivity index (χ2n) is 7.26. The van der Waals surface area contributed by atoms with Gasteiger partial charge in [-0.15, -0.1) is 0 Å². The predicted octanol–water partition coefficient (Wildman–Crippen LogP) is 2.48. The first-order chi connectivity index (χ1) is 14.4. The monoisotopic (exact) mass is 430 g/mol. The summed E-state index contributed by atoms with van der Waals surface area (Å²) >= 11 is 0. The zero-order valence-electron chi connectivity index (χ0n) is 17.6. The molecule has 2 aromatic carbocycles. The first-order valence-corrected chi connectivity index (χ1v) is 11.8. The molecule has 0 aromatic heterocycles. The summed E-state index contributed by atoms with van der Waals surface area (Å²) in [6.07, 6.45) is 0. The zero-order chi connectivity index (χ0) is 21.6. The van der Waals surface area contributed by atoms with E-state index in [9.17, 15) is 13.2 Å². The zero-order valence-corrected chi connectivity index (χ0v) is 18.4. The van der Waals surface area contributed by atoms with Crippen molar-refractivity contribution in [2.45, 2.75) is 18.7 Å². The first kappa shape index (κ1) is 22.3. The summed E-state index contributed by atoms with van der Waals surface area (Å²) in [7, 11) is -3.55. The number of hydrogen-bond donors (Lipinski definition) is 1. The van der Waals surface area contributed by atoms with E-state index < -0.39 is 10.0 Å². The van der Waals surface area contributed by atoms with Crippen LogP contribution >= 0.6 is 0 Å². The highest BCUT2D eigenvalue weighted by Gasteiger charge is 2.22. The van der Waals surface area contributed by atoms with Gasteiger partial charge in [0.25, 0.3) is 0 Å². The molecule has 1 N–H and O–H groups in total. The molecule has 0 atom stereocenters. The maximum Gasteiger partial charge on any atom is 0.243 e. The fraction of sp³-hybridized carbons (Fsp3) is 0.409. The van der Waals surface area contributed by atoms with Crippen LogP contribution in [0.3, 0.4) is 0 Å². The minimum atomic E-state index is -3.55. The highest BCUT2D eigenvalue weighted by Crippen LogP contribution is 2.20. The Morgan fingerprint density at radius 3 is 2.27 bits per heavy atom. The molecular formula is C22H30N4O3S. The molecule has 3 rings (SSSR count). The summed E-state index contributed by atoms with van der Waals surface area (Å²) in [5.41, 5.74) is 1.70. The average Bonchev–Trinajstić information content (AvgIpc) is 2.76. The number of carbonyl (C=O) groups excluding carboxylic acids is 1. The molecule has 2 aromatic rings. The summed E-state index contributed by atoms with van der Waals surface area (Å²) < 4.78 is 26.8. The third kappa shape index (κ3) is 5.38. The molecule has 1 fully saturated rings. The second-order valence-corrected chi connectivity index (χ2v) is 9.20. The lowest BCUT2D eigenvalue weighted by molar-refractivity contribution is -0.117. The van der Waals surface area contributed by atoms with Gasteiger partial charge < -0.3 is 10.2 Å². The Hall–Kier alpha value is -2.42. The number of carbonyl (C=O) groups is 1. The van der Waals surface area contributed by atoms with Gasteiger partial charge in [-0.1, -0.05) is 38.1 Å². The van der Waals surface area contributed by atoms with Gasteiger partial charge in [0.2, 0.25) is 15.9 Å². The molecule has 0 aliphatic carbocycles. The Balaban J connectivity index is 1.56. The lowest BCUT2D eigenvalue weighted by Gasteiger charge is -2.35. The number of nitrogens with zero attached hydrogens (tertiary/aromatic N) is 3. The molecule has 0 spiro atoms. The predicted molar refractivity (Wildman–Crippen MR) is 120 cm³/mol. The van der Waals surface area contributed by atoms with Crippen molar-refractivity contribution in [2.75, 3.05) is 56.0 Å². The highest BCUT2D eigenvalue weighted by atomic mass is 32.2. The lowest BCUT2D eigenvalue weighted by Crippen LogP contribution is -2.48. The molecule has 162 valence electrons. The van der Waals surface area contributed by atoms with Crippen LogP contribution in [-0.2, 0) is 14.8 Å². The molecule has 1 amide bonds. The number of amides is 1. The molecule has 1 aliphatic rings. The minimum absolute atomic E-state index is 0.138. The summed E-state index contributed by atoms with van der Waals surface area (Å²) in [6.45, 7) is 8.07. The number of piperazine rings is 1. The van der Waals surface area contributed by atoms with Gasteiger partial charge >= 0.3 is 0 Å². The van der Waals surface area contributed by atoms with E-state index in [2.05, 4.69) is 27.2 Å². The number of nitrogens with one attached hydrogen (secondary N) is 1. The number of rotatable bonds is 8. The molecule has 1 heterocycles. The Bertz CT molecular complexity index is 938. The molecule has 0 saturated carbocycles. The van der Waals surface area contributed by atoms with Crippen LogP contribution in [0.5, 0.6) is 0 Å². The van der Waals surface area contributed by atoms with Crippen LogP contribution in [0.25, 0.3) is 0 Å². The third-order valence-electron chi connectivity index (χ3n) is 5.32. The first-order valence-electron chi connectivity index (χ1n) is 10.4. The number of para-hydroxylation sites is 1. The topological polar surface area (TPSA) is 73.0 Å². The Morgan fingerprint density at radius 2 is 1.63 bits per heavy atom. The minimum Gasteiger partial charge on any atom is -0.369 e. The van der Waals surface area contributed by atoms with Crippen molar-refractivity contribution in [1.29, 1.82) is 0 Å².